The lowest BCUT2D eigenvalue weighted by molar-refractivity contribution is 0.0679. The molecule has 142 valence electrons. The first-order valence-corrected chi connectivity index (χ1v) is 9.88. The molecule has 0 bridgehead atoms. The molecule has 0 aromatic heterocycles. The number of rotatable bonds is 6. The second-order valence-corrected chi connectivity index (χ2v) is 7.70. The molecule has 3 heterocycles. The van der Waals surface area contributed by atoms with Crippen LogP contribution in [0.5, 0.6) is 5.75 Å². The molecule has 3 aliphatic heterocycles. The molecule has 2 amide bonds. The van der Waals surface area contributed by atoms with E-state index in [0.717, 1.165) is 37.4 Å². The van der Waals surface area contributed by atoms with Gasteiger partial charge in [-0.15, -0.1) is 0 Å². The summed E-state index contributed by atoms with van der Waals surface area (Å²) < 4.78 is 11.3. The van der Waals surface area contributed by atoms with Crippen LogP contribution in [0.1, 0.15) is 38.5 Å². The van der Waals surface area contributed by atoms with Gasteiger partial charge in [0.05, 0.1) is 6.10 Å². The fraction of sp³-hybridized carbons (Fsp3) is 0.650. The molecule has 26 heavy (non-hydrogen) atoms. The van der Waals surface area contributed by atoms with Crippen molar-refractivity contribution in [2.45, 2.75) is 50.2 Å². The maximum Gasteiger partial charge on any atom is 0.319 e. The van der Waals surface area contributed by atoms with E-state index in [2.05, 4.69) is 15.5 Å². The minimum Gasteiger partial charge on any atom is -0.491 e. The third-order valence-corrected chi connectivity index (χ3v) is 5.96. The van der Waals surface area contributed by atoms with Gasteiger partial charge in [0.2, 0.25) is 0 Å². The predicted molar refractivity (Wildman–Crippen MR) is 101 cm³/mol. The summed E-state index contributed by atoms with van der Waals surface area (Å²) in [6.07, 6.45) is 7.29. The minimum absolute atomic E-state index is 0.133. The van der Waals surface area contributed by atoms with E-state index in [0.29, 0.717) is 6.61 Å². The Morgan fingerprint density at radius 2 is 1.96 bits per heavy atom. The molecular formula is C20H29N3O3. The molecule has 6 nitrogen and oxygen atoms in total. The van der Waals surface area contributed by atoms with Crippen LogP contribution < -0.4 is 15.4 Å². The topological polar surface area (TPSA) is 62.8 Å². The number of nitrogens with one attached hydrogen (secondary N) is 2. The summed E-state index contributed by atoms with van der Waals surface area (Å²) in [5.41, 5.74) is 0.983. The zero-order chi connectivity index (χ0) is 17.8. The van der Waals surface area contributed by atoms with Crippen LogP contribution in [-0.2, 0) is 4.74 Å². The molecule has 0 saturated carbocycles. The monoisotopic (exact) mass is 359 g/mol. The van der Waals surface area contributed by atoms with Gasteiger partial charge in [-0.3, -0.25) is 4.90 Å². The summed E-state index contributed by atoms with van der Waals surface area (Å²) in [5.74, 6) is 0.804. The summed E-state index contributed by atoms with van der Waals surface area (Å²) in [5, 5.41) is 5.99. The molecular weight excluding hydrogens is 330 g/mol. The zero-order valence-electron chi connectivity index (χ0n) is 15.3. The van der Waals surface area contributed by atoms with Gasteiger partial charge in [-0.05, 0) is 75.9 Å². The second-order valence-electron chi connectivity index (χ2n) is 7.70. The fourth-order valence-corrected chi connectivity index (χ4v) is 4.53. The average molecular weight is 359 g/mol. The molecule has 0 radical (unpaired) electrons. The lowest BCUT2D eigenvalue weighted by Crippen LogP contribution is -2.49. The fourth-order valence-electron chi connectivity index (χ4n) is 4.53. The Labute approximate surface area is 155 Å². The Kier molecular flexibility index (Phi) is 5.31. The molecule has 1 atom stereocenters. The Morgan fingerprint density at radius 1 is 1.19 bits per heavy atom. The van der Waals surface area contributed by atoms with Gasteiger partial charge in [-0.2, -0.15) is 0 Å². The normalized spacial score (nSPS) is 24.4. The summed E-state index contributed by atoms with van der Waals surface area (Å²) in [7, 11) is 0. The van der Waals surface area contributed by atoms with E-state index in [1.54, 1.807) is 0 Å². The van der Waals surface area contributed by atoms with Crippen molar-refractivity contribution in [3.05, 3.63) is 24.3 Å². The summed E-state index contributed by atoms with van der Waals surface area (Å²) in [6.45, 7) is 4.52. The Balaban J connectivity index is 1.22. The Bertz CT molecular complexity index is 603. The maximum atomic E-state index is 12.3. The number of ether oxygens (including phenoxy) is 2. The van der Waals surface area contributed by atoms with Crippen LogP contribution in [-0.4, -0.2) is 55.4 Å². The van der Waals surface area contributed by atoms with Crippen molar-refractivity contribution < 1.29 is 14.3 Å². The molecule has 4 rings (SSSR count). The number of carbonyl (C=O) groups excluding carboxylic acids is 1. The quantitative estimate of drug-likeness (QED) is 0.820. The number of anilines is 1. The summed E-state index contributed by atoms with van der Waals surface area (Å²) in [4.78, 5) is 14.8. The molecule has 1 aromatic rings. The number of amides is 2. The Hall–Kier alpha value is -1.79. The summed E-state index contributed by atoms with van der Waals surface area (Å²) >= 11 is 0. The van der Waals surface area contributed by atoms with Gasteiger partial charge in [-0.1, -0.05) is 0 Å². The van der Waals surface area contributed by atoms with E-state index in [-0.39, 0.29) is 17.7 Å². The van der Waals surface area contributed by atoms with Gasteiger partial charge in [0, 0.05) is 24.4 Å². The van der Waals surface area contributed by atoms with E-state index in [1.165, 1.54) is 38.8 Å². The molecule has 0 unspecified atom stereocenters. The minimum atomic E-state index is -0.133. The van der Waals surface area contributed by atoms with Crippen molar-refractivity contribution in [2.75, 3.05) is 38.2 Å². The number of urea groups is 1. The highest BCUT2D eigenvalue weighted by Gasteiger charge is 2.44. The molecule has 6 heteroatoms. The number of carbonyl (C=O) groups is 1. The Morgan fingerprint density at radius 3 is 2.65 bits per heavy atom. The third kappa shape index (κ3) is 3.96. The zero-order valence-corrected chi connectivity index (χ0v) is 15.3. The maximum absolute atomic E-state index is 12.3. The molecule has 3 fully saturated rings. The third-order valence-electron chi connectivity index (χ3n) is 5.96. The SMILES string of the molecule is O=C(NCC12CCCN1CCC2)Nc1ccc(OC[C@H]2CCCO2)cc1. The van der Waals surface area contributed by atoms with Crippen LogP contribution in [0.4, 0.5) is 10.5 Å². The number of nitrogens with zero attached hydrogens (tertiary/aromatic N) is 1. The smallest absolute Gasteiger partial charge is 0.319 e. The molecule has 1 aromatic carbocycles. The van der Waals surface area contributed by atoms with Crippen molar-refractivity contribution >= 4 is 11.7 Å². The molecule has 3 aliphatic rings. The summed E-state index contributed by atoms with van der Waals surface area (Å²) in [6, 6.07) is 7.39. The van der Waals surface area contributed by atoms with Crippen molar-refractivity contribution in [3.8, 4) is 5.75 Å². The van der Waals surface area contributed by atoms with Crippen molar-refractivity contribution in [3.63, 3.8) is 0 Å². The first-order valence-electron chi connectivity index (χ1n) is 9.88. The van der Waals surface area contributed by atoms with E-state index >= 15 is 0 Å². The number of fused-ring (bicyclic) bond motifs is 1. The van der Waals surface area contributed by atoms with Gasteiger partial charge in [0.15, 0.2) is 0 Å². The highest BCUT2D eigenvalue weighted by molar-refractivity contribution is 5.89. The highest BCUT2D eigenvalue weighted by Crippen LogP contribution is 2.38. The molecule has 3 saturated heterocycles. The lowest BCUT2D eigenvalue weighted by atomic mass is 9.94. The van der Waals surface area contributed by atoms with E-state index < -0.39 is 0 Å². The van der Waals surface area contributed by atoms with E-state index in [9.17, 15) is 4.79 Å². The van der Waals surface area contributed by atoms with Gasteiger partial charge < -0.3 is 20.1 Å². The first kappa shape index (κ1) is 17.6. The largest absolute Gasteiger partial charge is 0.491 e. The van der Waals surface area contributed by atoms with Gasteiger partial charge in [0.1, 0.15) is 12.4 Å². The van der Waals surface area contributed by atoms with Crippen LogP contribution in [0.25, 0.3) is 0 Å². The van der Waals surface area contributed by atoms with E-state index in [1.807, 2.05) is 24.3 Å². The van der Waals surface area contributed by atoms with Gasteiger partial charge in [0.25, 0.3) is 0 Å². The van der Waals surface area contributed by atoms with Crippen molar-refractivity contribution in [1.29, 1.82) is 0 Å². The number of hydrogen-bond donors (Lipinski definition) is 2. The molecule has 0 aliphatic carbocycles. The van der Waals surface area contributed by atoms with E-state index in [4.69, 9.17) is 9.47 Å². The number of benzene rings is 1. The van der Waals surface area contributed by atoms with Crippen molar-refractivity contribution in [1.82, 2.24) is 10.2 Å². The van der Waals surface area contributed by atoms with Gasteiger partial charge in [-0.25, -0.2) is 4.79 Å². The van der Waals surface area contributed by atoms with Crippen LogP contribution in [0, 0.1) is 0 Å². The number of hydrogen-bond acceptors (Lipinski definition) is 4. The van der Waals surface area contributed by atoms with Crippen LogP contribution in [0.15, 0.2) is 24.3 Å². The molecule has 2 N–H and O–H groups in total. The standard InChI is InChI=1S/C20H29N3O3/c24-19(21-15-20-9-2-11-23(20)12-3-10-20)22-16-5-7-17(8-6-16)26-14-18-4-1-13-25-18/h5-8,18H,1-4,9-15H2,(H2,21,22,24)/t18-/m1/s1. The molecule has 0 spiro atoms. The lowest BCUT2D eigenvalue weighted by Gasteiger charge is -2.32. The van der Waals surface area contributed by atoms with Gasteiger partial charge >= 0.3 is 6.03 Å². The van der Waals surface area contributed by atoms with Crippen LogP contribution in [0.2, 0.25) is 0 Å². The second kappa shape index (κ2) is 7.84. The highest BCUT2D eigenvalue weighted by atomic mass is 16.5. The first-order chi connectivity index (χ1) is 12.7. The van der Waals surface area contributed by atoms with Crippen molar-refractivity contribution in [2.24, 2.45) is 0 Å². The predicted octanol–water partition coefficient (Wildman–Crippen LogP) is 2.99. The van der Waals surface area contributed by atoms with Crippen LogP contribution in [0.3, 0.4) is 0 Å². The van der Waals surface area contributed by atoms with Crippen LogP contribution >= 0.6 is 0 Å². The average Bonchev–Trinajstić information content (AvgIpc) is 3.36.